The van der Waals surface area contributed by atoms with Gasteiger partial charge in [-0.15, -0.1) is 0 Å². The Morgan fingerprint density at radius 3 is 2.65 bits per heavy atom. The average molecular weight is 233 g/mol. The van der Waals surface area contributed by atoms with Crippen molar-refractivity contribution in [2.45, 2.75) is 33.2 Å². The molecule has 0 spiro atoms. The van der Waals surface area contributed by atoms with Crippen molar-refractivity contribution >= 4 is 5.82 Å². The zero-order valence-electron chi connectivity index (χ0n) is 11.1. The van der Waals surface area contributed by atoms with Crippen LogP contribution in [-0.2, 0) is 0 Å². The van der Waals surface area contributed by atoms with Gasteiger partial charge in [-0.25, -0.2) is 4.98 Å². The first kappa shape index (κ1) is 12.4. The van der Waals surface area contributed by atoms with Crippen molar-refractivity contribution in [1.29, 1.82) is 0 Å². The molecule has 0 aromatic carbocycles. The maximum absolute atomic E-state index is 5.83. The first-order valence-corrected chi connectivity index (χ1v) is 6.54. The molecule has 0 amide bonds. The highest BCUT2D eigenvalue weighted by molar-refractivity contribution is 5.40. The Hall–Kier alpha value is -1.09. The average Bonchev–Trinajstić information content (AvgIpc) is 2.33. The maximum Gasteiger partial charge on any atom is 0.128 e. The van der Waals surface area contributed by atoms with Crippen molar-refractivity contribution in [3.05, 3.63) is 23.9 Å². The number of hydrogen-bond donors (Lipinski definition) is 1. The molecule has 0 bridgehead atoms. The number of piperidine rings is 1. The minimum absolute atomic E-state index is 0.0665. The van der Waals surface area contributed by atoms with Crippen molar-refractivity contribution in [3.8, 4) is 0 Å². The first-order valence-electron chi connectivity index (χ1n) is 6.54. The van der Waals surface area contributed by atoms with Gasteiger partial charge in [0.15, 0.2) is 0 Å². The van der Waals surface area contributed by atoms with Crippen LogP contribution < -0.4 is 10.6 Å². The predicted molar refractivity (Wildman–Crippen MR) is 72.0 cm³/mol. The number of pyridine rings is 1. The standard InChI is InChI=1S/C14H23N3/c1-10-6-7-17(9-11(10)2)14-5-4-13(8-16-14)12(3)15/h4-5,8,10-12H,6-7,9,15H2,1-3H3/t10?,11?,12-/m1/s1. The fraction of sp³-hybridized carbons (Fsp3) is 0.643. The van der Waals surface area contributed by atoms with E-state index in [1.807, 2.05) is 13.1 Å². The van der Waals surface area contributed by atoms with Gasteiger partial charge < -0.3 is 10.6 Å². The van der Waals surface area contributed by atoms with Gasteiger partial charge in [0, 0.05) is 25.3 Å². The van der Waals surface area contributed by atoms with E-state index >= 15 is 0 Å². The molecule has 0 saturated carbocycles. The Labute approximate surface area is 104 Å². The Bertz CT molecular complexity index is 358. The van der Waals surface area contributed by atoms with E-state index in [0.717, 1.165) is 36.3 Å². The van der Waals surface area contributed by atoms with Gasteiger partial charge >= 0.3 is 0 Å². The summed E-state index contributed by atoms with van der Waals surface area (Å²) in [5, 5.41) is 0. The summed E-state index contributed by atoms with van der Waals surface area (Å²) in [7, 11) is 0. The number of rotatable bonds is 2. The van der Waals surface area contributed by atoms with Gasteiger partial charge in [-0.1, -0.05) is 19.9 Å². The Morgan fingerprint density at radius 1 is 1.35 bits per heavy atom. The molecule has 17 heavy (non-hydrogen) atoms. The van der Waals surface area contributed by atoms with Gasteiger partial charge in [-0.05, 0) is 36.8 Å². The van der Waals surface area contributed by atoms with E-state index in [0.29, 0.717) is 0 Å². The second-order valence-electron chi connectivity index (χ2n) is 5.43. The smallest absolute Gasteiger partial charge is 0.128 e. The lowest BCUT2D eigenvalue weighted by Gasteiger charge is -2.36. The molecule has 1 aromatic heterocycles. The molecule has 2 heterocycles. The maximum atomic E-state index is 5.83. The van der Waals surface area contributed by atoms with Crippen LogP contribution in [0.5, 0.6) is 0 Å². The van der Waals surface area contributed by atoms with Crippen LogP contribution in [0.4, 0.5) is 5.82 Å². The van der Waals surface area contributed by atoms with Crippen LogP contribution in [0.1, 0.15) is 38.8 Å². The first-order chi connectivity index (χ1) is 8.08. The van der Waals surface area contributed by atoms with Crippen molar-refractivity contribution in [2.75, 3.05) is 18.0 Å². The Kier molecular flexibility index (Phi) is 3.67. The predicted octanol–water partition coefficient (Wildman–Crippen LogP) is 2.58. The highest BCUT2D eigenvalue weighted by atomic mass is 15.2. The van der Waals surface area contributed by atoms with E-state index in [2.05, 4.69) is 35.9 Å². The molecule has 1 saturated heterocycles. The summed E-state index contributed by atoms with van der Waals surface area (Å²) in [6.07, 6.45) is 3.17. The van der Waals surface area contributed by atoms with Gasteiger partial charge in [-0.3, -0.25) is 0 Å². The number of hydrogen-bond acceptors (Lipinski definition) is 3. The van der Waals surface area contributed by atoms with Crippen LogP contribution in [0.3, 0.4) is 0 Å². The molecule has 0 radical (unpaired) electrons. The number of anilines is 1. The SMILES string of the molecule is CC1CCN(c2ccc([C@@H](C)N)cn2)CC1C. The van der Waals surface area contributed by atoms with Crippen LogP contribution in [0.15, 0.2) is 18.3 Å². The van der Waals surface area contributed by atoms with E-state index < -0.39 is 0 Å². The summed E-state index contributed by atoms with van der Waals surface area (Å²) in [5.41, 5.74) is 6.93. The third kappa shape index (κ3) is 2.78. The molecule has 3 nitrogen and oxygen atoms in total. The third-order valence-corrected chi connectivity index (χ3v) is 3.95. The number of aromatic nitrogens is 1. The van der Waals surface area contributed by atoms with E-state index in [-0.39, 0.29) is 6.04 Å². The molecule has 1 aliphatic heterocycles. The normalized spacial score (nSPS) is 26.9. The summed E-state index contributed by atoms with van der Waals surface area (Å²) in [5.74, 6) is 2.67. The second-order valence-corrected chi connectivity index (χ2v) is 5.43. The Balaban J connectivity index is 2.07. The highest BCUT2D eigenvalue weighted by Gasteiger charge is 2.23. The molecule has 2 unspecified atom stereocenters. The molecule has 0 aliphatic carbocycles. The molecule has 2 rings (SSSR count). The van der Waals surface area contributed by atoms with Gasteiger partial charge in [0.2, 0.25) is 0 Å². The monoisotopic (exact) mass is 233 g/mol. The highest BCUT2D eigenvalue weighted by Crippen LogP contribution is 2.26. The van der Waals surface area contributed by atoms with Gasteiger partial charge in [0.05, 0.1) is 0 Å². The summed E-state index contributed by atoms with van der Waals surface area (Å²) in [4.78, 5) is 6.91. The van der Waals surface area contributed by atoms with Crippen molar-refractivity contribution in [3.63, 3.8) is 0 Å². The van der Waals surface area contributed by atoms with Gasteiger partial charge in [0.1, 0.15) is 5.82 Å². The quantitative estimate of drug-likeness (QED) is 0.853. The Morgan fingerprint density at radius 2 is 2.12 bits per heavy atom. The lowest BCUT2D eigenvalue weighted by atomic mass is 9.89. The lowest BCUT2D eigenvalue weighted by molar-refractivity contribution is 0.323. The summed E-state index contributed by atoms with van der Waals surface area (Å²) in [6.45, 7) is 8.89. The van der Waals surface area contributed by atoms with Crippen molar-refractivity contribution in [2.24, 2.45) is 17.6 Å². The van der Waals surface area contributed by atoms with Crippen LogP contribution in [0, 0.1) is 11.8 Å². The van der Waals surface area contributed by atoms with Crippen molar-refractivity contribution in [1.82, 2.24) is 4.98 Å². The van der Waals surface area contributed by atoms with Crippen LogP contribution in [0.2, 0.25) is 0 Å². The topological polar surface area (TPSA) is 42.1 Å². The largest absolute Gasteiger partial charge is 0.356 e. The molecule has 94 valence electrons. The van der Waals surface area contributed by atoms with E-state index in [4.69, 9.17) is 5.73 Å². The fourth-order valence-electron chi connectivity index (χ4n) is 2.32. The second kappa shape index (κ2) is 5.05. The lowest BCUT2D eigenvalue weighted by Crippen LogP contribution is -2.38. The zero-order valence-corrected chi connectivity index (χ0v) is 11.1. The van der Waals surface area contributed by atoms with E-state index in [1.54, 1.807) is 0 Å². The summed E-state index contributed by atoms with van der Waals surface area (Å²) < 4.78 is 0. The summed E-state index contributed by atoms with van der Waals surface area (Å²) >= 11 is 0. The third-order valence-electron chi connectivity index (χ3n) is 3.95. The molecule has 3 atom stereocenters. The van der Waals surface area contributed by atoms with Crippen LogP contribution in [-0.4, -0.2) is 18.1 Å². The molecule has 1 aliphatic rings. The van der Waals surface area contributed by atoms with E-state index in [9.17, 15) is 0 Å². The van der Waals surface area contributed by atoms with Crippen molar-refractivity contribution < 1.29 is 0 Å². The van der Waals surface area contributed by atoms with Gasteiger partial charge in [0.25, 0.3) is 0 Å². The van der Waals surface area contributed by atoms with Crippen LogP contribution in [0.25, 0.3) is 0 Å². The van der Waals surface area contributed by atoms with Crippen LogP contribution >= 0.6 is 0 Å². The fourth-order valence-corrected chi connectivity index (χ4v) is 2.32. The molecular weight excluding hydrogens is 210 g/mol. The molecule has 3 heteroatoms. The number of nitrogens with two attached hydrogens (primary N) is 1. The molecule has 1 aromatic rings. The van der Waals surface area contributed by atoms with E-state index in [1.165, 1.54) is 6.42 Å². The molecule has 1 fully saturated rings. The minimum Gasteiger partial charge on any atom is -0.356 e. The van der Waals surface area contributed by atoms with Gasteiger partial charge in [-0.2, -0.15) is 0 Å². The molecular formula is C14H23N3. The minimum atomic E-state index is 0.0665. The number of nitrogens with zero attached hydrogens (tertiary/aromatic N) is 2. The summed E-state index contributed by atoms with van der Waals surface area (Å²) in [6, 6.07) is 4.26. The zero-order chi connectivity index (χ0) is 12.4. The molecule has 2 N–H and O–H groups in total.